The molecule has 0 fully saturated rings. The van der Waals surface area contributed by atoms with E-state index in [1.807, 2.05) is 43.3 Å². The highest BCUT2D eigenvalue weighted by atomic mass is 35.5. The molecule has 0 aliphatic carbocycles. The molecule has 4 rings (SSSR count). The van der Waals surface area contributed by atoms with Crippen molar-refractivity contribution in [2.75, 3.05) is 28.9 Å². The molecule has 0 saturated carbocycles. The Bertz CT molecular complexity index is 1540. The number of nitrogens with one attached hydrogen (secondary N) is 2. The van der Waals surface area contributed by atoms with Crippen molar-refractivity contribution in [1.29, 1.82) is 0 Å². The molecule has 1 aliphatic heterocycles. The maximum absolute atomic E-state index is 14.3. The standard InChI is InChI=1S/C29H34N4O5S.ClH/c1-18-14-15-21-10-6-7-11-22(21)23(18)16-32-24-12-8-9-13-25(24)33(26(34)17-39(5,37)38)20(3)27(29(32)36)31-28(35)19(2)30-4;/h6-15,19-20,27,30H,16-17H2,1-5H3,(H,31,35);1H/t19?,20-,27-;/m0./s1. The average Bonchev–Trinajstić information content (AvgIpc) is 2.97. The van der Waals surface area contributed by atoms with Crippen molar-refractivity contribution in [2.24, 2.45) is 0 Å². The highest BCUT2D eigenvalue weighted by molar-refractivity contribution is 7.91. The fraction of sp³-hybridized carbons (Fsp3) is 0.345. The van der Waals surface area contributed by atoms with Crippen molar-refractivity contribution in [1.82, 2.24) is 10.6 Å². The third-order valence-electron chi connectivity index (χ3n) is 7.22. The lowest BCUT2D eigenvalue weighted by Crippen LogP contribution is -2.60. The van der Waals surface area contributed by atoms with Crippen LogP contribution in [0.1, 0.15) is 25.0 Å². The number of aryl methyl sites for hydroxylation is 1. The molecule has 3 atom stereocenters. The van der Waals surface area contributed by atoms with Crippen molar-refractivity contribution in [2.45, 2.75) is 45.4 Å². The number of hydrogen-bond donors (Lipinski definition) is 2. The van der Waals surface area contributed by atoms with Crippen LogP contribution in [-0.2, 0) is 30.8 Å². The van der Waals surface area contributed by atoms with Crippen LogP contribution in [0.15, 0.2) is 60.7 Å². The Morgan fingerprint density at radius 1 is 1.00 bits per heavy atom. The fourth-order valence-electron chi connectivity index (χ4n) is 4.98. The predicted octanol–water partition coefficient (Wildman–Crippen LogP) is 2.98. The number of rotatable bonds is 7. The summed E-state index contributed by atoms with van der Waals surface area (Å²) in [7, 11) is -2.03. The molecule has 2 N–H and O–H groups in total. The van der Waals surface area contributed by atoms with Gasteiger partial charge in [-0.2, -0.15) is 0 Å². The summed E-state index contributed by atoms with van der Waals surface area (Å²) in [6.07, 6.45) is 0.994. The van der Waals surface area contributed by atoms with Gasteiger partial charge in [-0.25, -0.2) is 8.42 Å². The number of carbonyl (C=O) groups excluding carboxylic acids is 3. The minimum Gasteiger partial charge on any atom is -0.341 e. The van der Waals surface area contributed by atoms with E-state index >= 15 is 0 Å². The minimum atomic E-state index is -3.66. The van der Waals surface area contributed by atoms with Gasteiger partial charge in [0.2, 0.25) is 11.8 Å². The van der Waals surface area contributed by atoms with Crippen molar-refractivity contribution >= 4 is 62.1 Å². The lowest BCUT2D eigenvalue weighted by Gasteiger charge is -2.32. The van der Waals surface area contributed by atoms with E-state index in [-0.39, 0.29) is 19.0 Å². The maximum Gasteiger partial charge on any atom is 0.252 e. The number of para-hydroxylation sites is 2. The number of nitrogens with zero attached hydrogens (tertiary/aromatic N) is 2. The molecule has 0 spiro atoms. The first kappa shape index (κ1) is 31.1. The average molecular weight is 587 g/mol. The van der Waals surface area contributed by atoms with Crippen LogP contribution in [0.5, 0.6) is 0 Å². The van der Waals surface area contributed by atoms with Crippen LogP contribution >= 0.6 is 12.4 Å². The molecule has 1 heterocycles. The molecule has 40 heavy (non-hydrogen) atoms. The number of likely N-dealkylation sites (N-methyl/N-ethyl adjacent to an activating group) is 1. The van der Waals surface area contributed by atoms with Gasteiger partial charge < -0.3 is 20.4 Å². The van der Waals surface area contributed by atoms with E-state index in [0.29, 0.717) is 11.4 Å². The van der Waals surface area contributed by atoms with Crippen LogP contribution in [0, 0.1) is 6.92 Å². The molecule has 3 aromatic carbocycles. The van der Waals surface area contributed by atoms with Crippen LogP contribution in [0.2, 0.25) is 0 Å². The minimum absolute atomic E-state index is 0. The van der Waals surface area contributed by atoms with E-state index in [1.54, 1.807) is 50.1 Å². The molecule has 214 valence electrons. The molecule has 0 bridgehead atoms. The summed E-state index contributed by atoms with van der Waals surface area (Å²) in [6.45, 7) is 5.49. The molecule has 1 unspecified atom stereocenters. The first-order valence-electron chi connectivity index (χ1n) is 12.8. The first-order valence-corrected chi connectivity index (χ1v) is 14.8. The van der Waals surface area contributed by atoms with Crippen LogP contribution in [0.25, 0.3) is 10.8 Å². The summed E-state index contributed by atoms with van der Waals surface area (Å²) < 4.78 is 24.2. The number of carbonyl (C=O) groups is 3. The van der Waals surface area contributed by atoms with Gasteiger partial charge in [0.25, 0.3) is 5.91 Å². The molecular formula is C29H35ClN4O5S. The van der Waals surface area contributed by atoms with Gasteiger partial charge in [0, 0.05) is 6.26 Å². The number of amides is 3. The molecule has 0 aromatic heterocycles. The zero-order valence-electron chi connectivity index (χ0n) is 23.2. The number of anilines is 2. The number of fused-ring (bicyclic) bond motifs is 2. The largest absolute Gasteiger partial charge is 0.341 e. The predicted molar refractivity (Wildman–Crippen MR) is 161 cm³/mol. The van der Waals surface area contributed by atoms with Gasteiger partial charge in [0.05, 0.1) is 30.0 Å². The summed E-state index contributed by atoms with van der Waals surface area (Å²) in [5.74, 6) is -2.20. The second-order valence-corrected chi connectivity index (χ2v) is 12.2. The van der Waals surface area contributed by atoms with Gasteiger partial charge in [-0.1, -0.05) is 48.5 Å². The molecule has 1 aliphatic rings. The number of sulfone groups is 1. The van der Waals surface area contributed by atoms with Crippen LogP contribution in [0.3, 0.4) is 0 Å². The van der Waals surface area contributed by atoms with Gasteiger partial charge >= 0.3 is 0 Å². The van der Waals surface area contributed by atoms with E-state index in [9.17, 15) is 22.8 Å². The summed E-state index contributed by atoms with van der Waals surface area (Å²) in [4.78, 5) is 43.7. The van der Waals surface area contributed by atoms with Crippen molar-refractivity contribution in [3.63, 3.8) is 0 Å². The van der Waals surface area contributed by atoms with E-state index in [0.717, 1.165) is 28.2 Å². The Labute approximate surface area is 241 Å². The topological polar surface area (TPSA) is 116 Å². The third kappa shape index (κ3) is 6.29. The SMILES string of the molecule is CNC(C)C(=O)N[C@@H]1C(=O)N(Cc2c(C)ccc3ccccc23)c2ccccc2N(C(=O)CS(C)(=O)=O)[C@H]1C.Cl. The van der Waals surface area contributed by atoms with Gasteiger partial charge in [-0.05, 0) is 61.9 Å². The van der Waals surface area contributed by atoms with Crippen molar-refractivity contribution in [3.8, 4) is 0 Å². The third-order valence-corrected chi connectivity index (χ3v) is 7.99. The Balaban J connectivity index is 0.00000441. The lowest BCUT2D eigenvalue weighted by atomic mass is 9.98. The monoisotopic (exact) mass is 586 g/mol. The van der Waals surface area contributed by atoms with Crippen LogP contribution in [-0.4, -0.2) is 63.3 Å². The van der Waals surface area contributed by atoms with Crippen molar-refractivity contribution < 1.29 is 22.8 Å². The second kappa shape index (κ2) is 12.4. The Morgan fingerprint density at radius 3 is 2.27 bits per heavy atom. The molecular weight excluding hydrogens is 552 g/mol. The van der Waals surface area contributed by atoms with Gasteiger partial charge in [-0.3, -0.25) is 14.4 Å². The Hall–Kier alpha value is -3.47. The Kier molecular flexibility index (Phi) is 9.60. The van der Waals surface area contributed by atoms with E-state index < -0.39 is 51.4 Å². The number of halogens is 1. The second-order valence-electron chi connectivity index (χ2n) is 10.1. The summed E-state index contributed by atoms with van der Waals surface area (Å²) in [5, 5.41) is 7.71. The molecule has 9 nitrogen and oxygen atoms in total. The fourth-order valence-corrected chi connectivity index (χ4v) is 5.57. The van der Waals surface area contributed by atoms with Gasteiger partial charge in [0.1, 0.15) is 11.8 Å². The highest BCUT2D eigenvalue weighted by Crippen LogP contribution is 2.37. The van der Waals surface area contributed by atoms with Crippen LogP contribution < -0.4 is 20.4 Å². The van der Waals surface area contributed by atoms with E-state index in [2.05, 4.69) is 10.6 Å². The zero-order valence-corrected chi connectivity index (χ0v) is 24.8. The summed E-state index contributed by atoms with van der Waals surface area (Å²) in [5.41, 5.74) is 2.80. The molecule has 3 aromatic rings. The smallest absolute Gasteiger partial charge is 0.252 e. The molecule has 11 heteroatoms. The number of benzene rings is 3. The number of hydrogen-bond acceptors (Lipinski definition) is 6. The molecule has 3 amide bonds. The van der Waals surface area contributed by atoms with Crippen LogP contribution in [0.4, 0.5) is 11.4 Å². The maximum atomic E-state index is 14.3. The normalized spacial score (nSPS) is 18.0. The molecule has 0 saturated heterocycles. The van der Waals surface area contributed by atoms with E-state index in [1.165, 1.54) is 4.90 Å². The summed E-state index contributed by atoms with van der Waals surface area (Å²) in [6, 6.07) is 16.3. The highest BCUT2D eigenvalue weighted by Gasteiger charge is 2.42. The lowest BCUT2D eigenvalue weighted by molar-refractivity contribution is -0.129. The Morgan fingerprint density at radius 2 is 1.62 bits per heavy atom. The van der Waals surface area contributed by atoms with E-state index in [4.69, 9.17) is 0 Å². The van der Waals surface area contributed by atoms with Gasteiger partial charge in [0.15, 0.2) is 9.84 Å². The summed E-state index contributed by atoms with van der Waals surface area (Å²) >= 11 is 0. The first-order chi connectivity index (χ1) is 18.4. The quantitative estimate of drug-likeness (QED) is 0.440. The zero-order chi connectivity index (χ0) is 28.5. The van der Waals surface area contributed by atoms with Crippen molar-refractivity contribution in [3.05, 3.63) is 71.8 Å². The molecule has 0 radical (unpaired) electrons. The van der Waals surface area contributed by atoms with Gasteiger partial charge in [-0.15, -0.1) is 12.4 Å².